The van der Waals surface area contributed by atoms with E-state index in [0.717, 1.165) is 5.56 Å². The van der Waals surface area contributed by atoms with Gasteiger partial charge in [0.25, 0.3) is 0 Å². The molecule has 0 bridgehead atoms. The van der Waals surface area contributed by atoms with E-state index in [2.05, 4.69) is 36.1 Å². The molecule has 0 radical (unpaired) electrons. The second-order valence-corrected chi connectivity index (χ2v) is 11.2. The molecule has 1 aliphatic rings. The summed E-state index contributed by atoms with van der Waals surface area (Å²) in [6.45, 7) is 10.2. The molecule has 0 unspecified atom stereocenters. The molecule has 0 aliphatic carbocycles. The zero-order valence-electron chi connectivity index (χ0n) is 13.4. The standard InChI is InChI=1S/C15H21N3O3Si/c1-12-11-21-7-6-17(12)14-9-13(5-8-22(2,3)4)10-16-15(14)18(19)20/h9-10,12H,6-7,11H2,1-4H3/t12-/m0/s1. The summed E-state index contributed by atoms with van der Waals surface area (Å²) in [5.74, 6) is 3.00. The van der Waals surface area contributed by atoms with Crippen LogP contribution < -0.4 is 4.90 Å². The third kappa shape index (κ3) is 4.05. The van der Waals surface area contributed by atoms with Gasteiger partial charge >= 0.3 is 5.82 Å². The lowest BCUT2D eigenvalue weighted by atomic mass is 10.2. The van der Waals surface area contributed by atoms with Gasteiger partial charge in [-0.2, -0.15) is 0 Å². The molecule has 7 heteroatoms. The first-order valence-corrected chi connectivity index (χ1v) is 10.8. The number of anilines is 1. The Morgan fingerprint density at radius 1 is 1.50 bits per heavy atom. The van der Waals surface area contributed by atoms with Crippen LogP contribution in [0.25, 0.3) is 0 Å². The van der Waals surface area contributed by atoms with Crippen LogP contribution in [0.4, 0.5) is 11.5 Å². The smallest absolute Gasteiger partial charge is 0.377 e. The van der Waals surface area contributed by atoms with Crippen molar-refractivity contribution in [3.63, 3.8) is 0 Å². The summed E-state index contributed by atoms with van der Waals surface area (Å²) in [6, 6.07) is 1.86. The molecule has 1 saturated heterocycles. The van der Waals surface area contributed by atoms with Gasteiger partial charge in [0.15, 0.2) is 6.20 Å². The largest absolute Gasteiger partial charge is 0.387 e. The van der Waals surface area contributed by atoms with Crippen LogP contribution in [-0.4, -0.2) is 43.8 Å². The van der Waals surface area contributed by atoms with Crippen molar-refractivity contribution < 1.29 is 9.66 Å². The topological polar surface area (TPSA) is 68.5 Å². The monoisotopic (exact) mass is 319 g/mol. The van der Waals surface area contributed by atoms with E-state index in [9.17, 15) is 10.1 Å². The van der Waals surface area contributed by atoms with E-state index < -0.39 is 13.0 Å². The minimum absolute atomic E-state index is 0.0782. The molecule has 1 aromatic rings. The van der Waals surface area contributed by atoms with Crippen LogP contribution in [-0.2, 0) is 4.74 Å². The second kappa shape index (κ2) is 6.46. The van der Waals surface area contributed by atoms with E-state index in [4.69, 9.17) is 4.74 Å². The lowest BCUT2D eigenvalue weighted by Crippen LogP contribution is -2.44. The molecule has 0 amide bonds. The third-order valence-corrected chi connectivity index (χ3v) is 4.15. The summed E-state index contributed by atoms with van der Waals surface area (Å²) < 4.78 is 5.40. The number of nitrogens with zero attached hydrogens (tertiary/aromatic N) is 3. The maximum atomic E-state index is 11.3. The van der Waals surface area contributed by atoms with Crippen molar-refractivity contribution in [2.75, 3.05) is 24.7 Å². The predicted molar refractivity (Wildman–Crippen MR) is 88.7 cm³/mol. The zero-order valence-corrected chi connectivity index (χ0v) is 14.4. The van der Waals surface area contributed by atoms with Gasteiger partial charge in [0.2, 0.25) is 0 Å². The zero-order chi connectivity index (χ0) is 16.3. The van der Waals surface area contributed by atoms with Crippen LogP contribution in [0.2, 0.25) is 19.6 Å². The summed E-state index contributed by atoms with van der Waals surface area (Å²) in [5, 5.41) is 11.3. The van der Waals surface area contributed by atoms with Gasteiger partial charge in [-0.15, -0.1) is 5.54 Å². The number of aromatic nitrogens is 1. The van der Waals surface area contributed by atoms with E-state index in [1.165, 1.54) is 6.20 Å². The Bertz CT molecular complexity index is 631. The highest BCUT2D eigenvalue weighted by Crippen LogP contribution is 2.29. The molecule has 2 rings (SSSR count). The fourth-order valence-electron chi connectivity index (χ4n) is 2.21. The molecule has 22 heavy (non-hydrogen) atoms. The Morgan fingerprint density at radius 3 is 2.82 bits per heavy atom. The first-order valence-electron chi connectivity index (χ1n) is 7.30. The molecule has 6 nitrogen and oxygen atoms in total. The highest BCUT2D eigenvalue weighted by molar-refractivity contribution is 6.83. The van der Waals surface area contributed by atoms with Crippen LogP contribution in [0.5, 0.6) is 0 Å². The predicted octanol–water partition coefficient (Wildman–Crippen LogP) is 2.44. The summed E-state index contributed by atoms with van der Waals surface area (Å²) in [5.41, 5.74) is 4.52. The summed E-state index contributed by atoms with van der Waals surface area (Å²) >= 11 is 0. The molecule has 118 valence electrons. The SMILES string of the molecule is C[C@H]1COCCN1c1cc(C#C[Si](C)(C)C)cnc1[N+](=O)[O-]. The lowest BCUT2D eigenvalue weighted by molar-refractivity contribution is -0.388. The highest BCUT2D eigenvalue weighted by Gasteiger charge is 2.27. The lowest BCUT2D eigenvalue weighted by Gasteiger charge is -2.34. The van der Waals surface area contributed by atoms with E-state index >= 15 is 0 Å². The van der Waals surface area contributed by atoms with Crippen molar-refractivity contribution in [1.82, 2.24) is 4.98 Å². The van der Waals surface area contributed by atoms with Gasteiger partial charge in [-0.05, 0) is 22.9 Å². The first kappa shape index (κ1) is 16.5. The van der Waals surface area contributed by atoms with Crippen molar-refractivity contribution in [1.29, 1.82) is 0 Å². The van der Waals surface area contributed by atoms with Crippen LogP contribution in [0.1, 0.15) is 12.5 Å². The van der Waals surface area contributed by atoms with E-state index in [1.807, 2.05) is 11.8 Å². The first-order chi connectivity index (χ1) is 10.3. The van der Waals surface area contributed by atoms with Crippen molar-refractivity contribution in [3.8, 4) is 11.5 Å². The number of hydrogen-bond donors (Lipinski definition) is 0. The minimum Gasteiger partial charge on any atom is -0.377 e. The average molecular weight is 319 g/mol. The molecule has 0 aromatic carbocycles. The van der Waals surface area contributed by atoms with Gasteiger partial charge in [-0.25, -0.2) is 0 Å². The van der Waals surface area contributed by atoms with Gasteiger partial charge < -0.3 is 19.8 Å². The average Bonchev–Trinajstić information content (AvgIpc) is 2.44. The maximum absolute atomic E-state index is 11.3. The number of ether oxygens (including phenoxy) is 1. The summed E-state index contributed by atoms with van der Waals surface area (Å²) in [4.78, 5) is 16.8. The number of pyridine rings is 1. The normalized spacial score (nSPS) is 18.5. The Kier molecular flexibility index (Phi) is 4.83. The molecule has 0 saturated carbocycles. The number of morpholine rings is 1. The quantitative estimate of drug-likeness (QED) is 0.362. The van der Waals surface area contributed by atoms with Crippen LogP contribution in [0.3, 0.4) is 0 Å². The van der Waals surface area contributed by atoms with Crippen molar-refractivity contribution in [2.24, 2.45) is 0 Å². The van der Waals surface area contributed by atoms with Gasteiger partial charge in [0.05, 0.1) is 18.8 Å². The summed E-state index contributed by atoms with van der Waals surface area (Å²) in [6.07, 6.45) is 1.49. The molecular formula is C15H21N3O3Si. The van der Waals surface area contributed by atoms with E-state index in [1.54, 1.807) is 6.07 Å². The third-order valence-electron chi connectivity index (χ3n) is 3.28. The molecule has 1 atom stereocenters. The van der Waals surface area contributed by atoms with Gasteiger partial charge in [0.1, 0.15) is 13.8 Å². The van der Waals surface area contributed by atoms with Crippen LogP contribution >= 0.6 is 0 Å². The van der Waals surface area contributed by atoms with Crippen LogP contribution in [0.15, 0.2) is 12.3 Å². The fraction of sp³-hybridized carbons (Fsp3) is 0.533. The van der Waals surface area contributed by atoms with Crippen LogP contribution in [0, 0.1) is 21.6 Å². The van der Waals surface area contributed by atoms with Crippen molar-refractivity contribution in [2.45, 2.75) is 32.6 Å². The maximum Gasteiger partial charge on any atom is 0.387 e. The second-order valence-electron chi connectivity index (χ2n) is 6.44. The molecule has 1 aliphatic heterocycles. The Balaban J connectivity index is 2.43. The molecular weight excluding hydrogens is 298 g/mol. The molecule has 1 fully saturated rings. The molecule has 0 spiro atoms. The number of hydrogen-bond acceptors (Lipinski definition) is 5. The van der Waals surface area contributed by atoms with Crippen molar-refractivity contribution in [3.05, 3.63) is 27.9 Å². The molecule has 2 heterocycles. The fourth-order valence-corrected chi connectivity index (χ4v) is 2.73. The van der Waals surface area contributed by atoms with Crippen molar-refractivity contribution >= 4 is 19.6 Å². The van der Waals surface area contributed by atoms with E-state index in [0.29, 0.717) is 25.4 Å². The number of rotatable bonds is 2. The highest BCUT2D eigenvalue weighted by atomic mass is 28.3. The van der Waals surface area contributed by atoms with Gasteiger partial charge in [0, 0.05) is 12.6 Å². The van der Waals surface area contributed by atoms with E-state index in [-0.39, 0.29) is 11.9 Å². The Morgan fingerprint density at radius 2 is 2.23 bits per heavy atom. The summed E-state index contributed by atoms with van der Waals surface area (Å²) in [7, 11) is -1.50. The Hall–Kier alpha value is -1.91. The number of nitro groups is 1. The van der Waals surface area contributed by atoms with Gasteiger partial charge in [-0.1, -0.05) is 25.6 Å². The Labute approximate surface area is 131 Å². The minimum atomic E-state index is -1.50. The molecule has 1 aromatic heterocycles. The molecule has 0 N–H and O–H groups in total. The van der Waals surface area contributed by atoms with Gasteiger partial charge in [-0.3, -0.25) is 0 Å².